The average Bonchev–Trinajstić information content (AvgIpc) is 2.53. The van der Waals surface area contributed by atoms with Crippen LogP contribution in [0, 0.1) is 27.4 Å². The number of carbonyl (C=O) groups is 2. The quantitative estimate of drug-likeness (QED) is 0.518. The zero-order valence-electron chi connectivity index (χ0n) is 12.4. The molecule has 0 aliphatic carbocycles. The number of carbonyl (C=O) groups excluding carboxylic acids is 2. The van der Waals surface area contributed by atoms with Gasteiger partial charge in [0.25, 0.3) is 5.69 Å². The fourth-order valence-corrected chi connectivity index (χ4v) is 3.10. The molecule has 2 aliphatic heterocycles. The Morgan fingerprint density at radius 3 is 2.76 bits per heavy atom. The summed E-state index contributed by atoms with van der Waals surface area (Å²) in [5.41, 5.74) is 5.57. The number of benzene rings is 1. The number of nitro benzene ring substituents is 1. The molecule has 3 atom stereocenters. The summed E-state index contributed by atoms with van der Waals surface area (Å²) in [6.45, 7) is 0. The second-order valence-corrected chi connectivity index (χ2v) is 5.77. The number of ether oxygens (including phenoxy) is 1. The summed E-state index contributed by atoms with van der Waals surface area (Å²) >= 11 is 5.81. The number of imide groups is 1. The fraction of sp³-hybridized carbons (Fsp3) is 0.214. The van der Waals surface area contributed by atoms with Crippen LogP contribution in [0.2, 0.25) is 5.02 Å². The molecular weight excluding hydrogens is 354 g/mol. The predicted octanol–water partition coefficient (Wildman–Crippen LogP) is 0.838. The first kappa shape index (κ1) is 16.5. The van der Waals surface area contributed by atoms with Crippen molar-refractivity contribution in [1.82, 2.24) is 10.6 Å². The van der Waals surface area contributed by atoms with E-state index in [9.17, 15) is 25.0 Å². The van der Waals surface area contributed by atoms with Crippen molar-refractivity contribution in [3.63, 3.8) is 0 Å². The van der Waals surface area contributed by atoms with Crippen molar-refractivity contribution in [2.45, 2.75) is 12.1 Å². The second kappa shape index (κ2) is 5.95. The molecule has 128 valence electrons. The van der Waals surface area contributed by atoms with Gasteiger partial charge in [-0.25, -0.2) is 4.79 Å². The topological polar surface area (TPSA) is 160 Å². The lowest BCUT2D eigenvalue weighted by molar-refractivity contribution is -0.384. The largest absolute Gasteiger partial charge is 0.454 e. The molecule has 25 heavy (non-hydrogen) atoms. The predicted molar refractivity (Wildman–Crippen MR) is 82.7 cm³/mol. The van der Waals surface area contributed by atoms with E-state index in [0.717, 1.165) is 0 Å². The molecule has 0 radical (unpaired) electrons. The van der Waals surface area contributed by atoms with Gasteiger partial charge in [0, 0.05) is 12.0 Å². The molecule has 0 saturated carbocycles. The highest BCUT2D eigenvalue weighted by Crippen LogP contribution is 2.42. The molecule has 1 fully saturated rings. The third-order valence-corrected chi connectivity index (χ3v) is 4.29. The number of nitrogens with zero attached hydrogens (tertiary/aromatic N) is 2. The van der Waals surface area contributed by atoms with Gasteiger partial charge in [0.2, 0.25) is 11.8 Å². The first-order chi connectivity index (χ1) is 11.8. The van der Waals surface area contributed by atoms with Crippen molar-refractivity contribution in [2.24, 2.45) is 11.7 Å². The molecule has 1 saturated heterocycles. The number of allylic oxidation sites excluding steroid dienone is 1. The summed E-state index contributed by atoms with van der Waals surface area (Å²) in [5, 5.41) is 24.9. The number of hydrogen-bond acceptors (Lipinski definition) is 7. The molecule has 3 rings (SSSR count). The lowest BCUT2D eigenvalue weighted by Gasteiger charge is -2.39. The Kier molecular flexibility index (Phi) is 3.94. The number of amides is 3. The van der Waals surface area contributed by atoms with Gasteiger partial charge in [-0.15, -0.1) is 0 Å². The average molecular weight is 364 g/mol. The highest BCUT2D eigenvalue weighted by molar-refractivity contribution is 6.32. The minimum atomic E-state index is -1.10. The molecule has 0 spiro atoms. The molecule has 0 bridgehead atoms. The van der Waals surface area contributed by atoms with Crippen LogP contribution in [0.3, 0.4) is 0 Å². The number of fused-ring (bicyclic) bond motifs is 1. The SMILES string of the molecule is N#CC1=C(N)OC2NC(=O)NC(=O)C2C1c1ccc(Cl)c([N+](=O)[O-])c1. The molecule has 1 aromatic carbocycles. The Labute approximate surface area is 145 Å². The number of nitriles is 1. The van der Waals surface area contributed by atoms with Gasteiger partial charge in [-0.3, -0.25) is 20.2 Å². The van der Waals surface area contributed by atoms with Gasteiger partial charge in [0.05, 0.1) is 10.5 Å². The minimum Gasteiger partial charge on any atom is -0.454 e. The third-order valence-electron chi connectivity index (χ3n) is 3.97. The molecular formula is C14H10ClN5O5. The molecule has 1 aromatic rings. The Bertz CT molecular complexity index is 877. The van der Waals surface area contributed by atoms with Crippen molar-refractivity contribution in [2.75, 3.05) is 0 Å². The van der Waals surface area contributed by atoms with Gasteiger partial charge >= 0.3 is 6.03 Å². The zero-order chi connectivity index (χ0) is 18.3. The smallest absolute Gasteiger partial charge is 0.324 e. The number of urea groups is 1. The van der Waals surface area contributed by atoms with Crippen molar-refractivity contribution in [1.29, 1.82) is 5.26 Å². The molecule has 3 amide bonds. The summed E-state index contributed by atoms with van der Waals surface area (Å²) in [6.07, 6.45) is -1.10. The monoisotopic (exact) mass is 363 g/mol. The van der Waals surface area contributed by atoms with E-state index >= 15 is 0 Å². The van der Waals surface area contributed by atoms with Gasteiger partial charge < -0.3 is 15.8 Å². The van der Waals surface area contributed by atoms with Crippen molar-refractivity contribution >= 4 is 29.2 Å². The van der Waals surface area contributed by atoms with E-state index in [2.05, 4.69) is 10.6 Å². The van der Waals surface area contributed by atoms with Gasteiger partial charge in [-0.1, -0.05) is 17.7 Å². The van der Waals surface area contributed by atoms with Crippen LogP contribution in [0.4, 0.5) is 10.5 Å². The summed E-state index contributed by atoms with van der Waals surface area (Å²) < 4.78 is 5.27. The van der Waals surface area contributed by atoms with Crippen molar-refractivity contribution in [3.05, 3.63) is 50.4 Å². The maximum absolute atomic E-state index is 12.3. The summed E-state index contributed by atoms with van der Waals surface area (Å²) in [7, 11) is 0. The molecule has 0 aromatic heterocycles. The zero-order valence-corrected chi connectivity index (χ0v) is 13.1. The summed E-state index contributed by atoms with van der Waals surface area (Å²) in [4.78, 5) is 34.2. The van der Waals surface area contributed by atoms with Crippen LogP contribution in [0.5, 0.6) is 0 Å². The minimum absolute atomic E-state index is 0.0656. The lowest BCUT2D eigenvalue weighted by Crippen LogP contribution is -2.62. The third kappa shape index (κ3) is 2.70. The Morgan fingerprint density at radius 1 is 1.40 bits per heavy atom. The van der Waals surface area contributed by atoms with E-state index in [0.29, 0.717) is 0 Å². The van der Waals surface area contributed by atoms with Crippen LogP contribution >= 0.6 is 11.6 Å². The van der Waals surface area contributed by atoms with Crippen LogP contribution < -0.4 is 16.4 Å². The molecule has 4 N–H and O–H groups in total. The van der Waals surface area contributed by atoms with E-state index in [1.165, 1.54) is 18.2 Å². The van der Waals surface area contributed by atoms with Crippen LogP contribution in [-0.4, -0.2) is 23.1 Å². The highest BCUT2D eigenvalue weighted by Gasteiger charge is 2.48. The summed E-state index contributed by atoms with van der Waals surface area (Å²) in [5.74, 6) is -2.92. The number of rotatable bonds is 2. The van der Waals surface area contributed by atoms with Crippen molar-refractivity contribution in [3.8, 4) is 6.07 Å². The Balaban J connectivity index is 2.17. The molecule has 3 unspecified atom stereocenters. The van der Waals surface area contributed by atoms with Gasteiger partial charge in [0.1, 0.15) is 17.0 Å². The molecule has 2 heterocycles. The fourth-order valence-electron chi connectivity index (χ4n) is 2.91. The van der Waals surface area contributed by atoms with Gasteiger partial charge in [0.15, 0.2) is 6.23 Å². The number of nitro groups is 1. The van der Waals surface area contributed by atoms with Crippen LogP contribution in [-0.2, 0) is 9.53 Å². The Hall–Kier alpha value is -3.32. The normalized spacial score (nSPS) is 25.2. The van der Waals surface area contributed by atoms with Crippen LogP contribution in [0.25, 0.3) is 0 Å². The lowest BCUT2D eigenvalue weighted by atomic mass is 9.77. The van der Waals surface area contributed by atoms with E-state index < -0.39 is 34.9 Å². The van der Waals surface area contributed by atoms with Gasteiger partial charge in [-0.2, -0.15) is 5.26 Å². The second-order valence-electron chi connectivity index (χ2n) is 5.36. The Morgan fingerprint density at radius 2 is 2.12 bits per heavy atom. The summed E-state index contributed by atoms with van der Waals surface area (Å²) in [6, 6.07) is 5.02. The number of hydrogen-bond donors (Lipinski definition) is 3. The van der Waals surface area contributed by atoms with E-state index in [-0.39, 0.29) is 27.7 Å². The number of nitrogens with two attached hydrogens (primary N) is 1. The first-order valence-corrected chi connectivity index (χ1v) is 7.33. The molecule has 10 nitrogen and oxygen atoms in total. The standard InChI is InChI=1S/C14H10ClN5O5/c15-7-2-1-5(3-8(7)20(23)24)9-6(4-16)11(17)25-13-10(9)12(21)18-14(22)19-13/h1-3,9-10,13H,17H2,(H2,18,19,21,22). The van der Waals surface area contributed by atoms with E-state index in [1.54, 1.807) is 0 Å². The molecule has 2 aliphatic rings. The molecule has 11 heteroatoms. The van der Waals surface area contributed by atoms with Gasteiger partial charge in [-0.05, 0) is 11.6 Å². The van der Waals surface area contributed by atoms with Crippen LogP contribution in [0.15, 0.2) is 29.7 Å². The van der Waals surface area contributed by atoms with E-state index in [1.807, 2.05) is 6.07 Å². The van der Waals surface area contributed by atoms with E-state index in [4.69, 9.17) is 22.1 Å². The number of nitrogens with one attached hydrogen (secondary N) is 2. The van der Waals surface area contributed by atoms with Crippen LogP contribution in [0.1, 0.15) is 11.5 Å². The maximum Gasteiger partial charge on any atom is 0.324 e. The highest BCUT2D eigenvalue weighted by atomic mass is 35.5. The van der Waals surface area contributed by atoms with Crippen molar-refractivity contribution < 1.29 is 19.2 Å². The number of halogens is 1. The first-order valence-electron chi connectivity index (χ1n) is 6.95. The maximum atomic E-state index is 12.3.